The van der Waals surface area contributed by atoms with Gasteiger partial charge < -0.3 is 24.1 Å². The van der Waals surface area contributed by atoms with Crippen LogP contribution in [0.15, 0.2) is 48.5 Å². The van der Waals surface area contributed by atoms with Gasteiger partial charge in [-0.2, -0.15) is 17.9 Å². The Morgan fingerprint density at radius 3 is 2.53 bits per heavy atom. The molecule has 2 atom stereocenters. The number of anilines is 1. The highest BCUT2D eigenvalue weighted by molar-refractivity contribution is 7.81. The maximum atomic E-state index is 12.8. The lowest BCUT2D eigenvalue weighted by atomic mass is 10.0. The van der Waals surface area contributed by atoms with Gasteiger partial charge in [-0.15, -0.1) is 0 Å². The van der Waals surface area contributed by atoms with Crippen molar-refractivity contribution < 1.29 is 33.6 Å². The number of esters is 1. The first-order chi connectivity index (χ1) is 16.5. The zero-order chi connectivity index (χ0) is 24.8. The van der Waals surface area contributed by atoms with Crippen LogP contribution in [-0.4, -0.2) is 55.5 Å². The van der Waals surface area contributed by atoms with E-state index in [-0.39, 0.29) is 32.0 Å². The van der Waals surface area contributed by atoms with E-state index in [4.69, 9.17) is 29.3 Å². The largest absolute Gasteiger partial charge is 0.491 e. The fourth-order valence-corrected chi connectivity index (χ4v) is 3.20. The SMILES string of the molecule is CCO[C@@H](CCOC(=O)CS)[C@@H](OC(=O)Nc1ccc(C#N)cc1)c1ccccc1OCCO. The van der Waals surface area contributed by atoms with Gasteiger partial charge in [0.2, 0.25) is 0 Å². The van der Waals surface area contributed by atoms with Crippen molar-refractivity contribution in [3.8, 4) is 11.8 Å². The number of carbonyl (C=O) groups is 2. The number of amides is 1. The van der Waals surface area contributed by atoms with Crippen LogP contribution in [0.25, 0.3) is 0 Å². The summed E-state index contributed by atoms with van der Waals surface area (Å²) >= 11 is 3.89. The number of hydrogen-bond acceptors (Lipinski definition) is 9. The molecule has 0 unspecified atom stereocenters. The minimum Gasteiger partial charge on any atom is -0.491 e. The van der Waals surface area contributed by atoms with Gasteiger partial charge in [-0.05, 0) is 37.3 Å². The lowest BCUT2D eigenvalue weighted by molar-refractivity contribution is -0.142. The van der Waals surface area contributed by atoms with Gasteiger partial charge in [0.1, 0.15) is 18.5 Å². The van der Waals surface area contributed by atoms with Crippen LogP contribution in [0.2, 0.25) is 0 Å². The average molecular weight is 489 g/mol. The van der Waals surface area contributed by atoms with Gasteiger partial charge in [0.15, 0.2) is 6.10 Å². The molecule has 0 aliphatic rings. The van der Waals surface area contributed by atoms with Gasteiger partial charge in [0.05, 0.1) is 30.6 Å². The topological polar surface area (TPSA) is 127 Å². The monoisotopic (exact) mass is 488 g/mol. The molecule has 0 radical (unpaired) electrons. The van der Waals surface area contributed by atoms with Gasteiger partial charge in [0, 0.05) is 24.3 Å². The van der Waals surface area contributed by atoms with E-state index in [1.165, 1.54) is 0 Å². The number of thiol groups is 1. The standard InChI is InChI=1S/C24H28N2O7S/c1-2-30-21(11-13-32-22(28)16-34)23(19-5-3-4-6-20(19)31-14-12-27)33-24(29)26-18-9-7-17(15-25)8-10-18/h3-10,21,23,27,34H,2,11-14,16H2,1H3,(H,26,29)/t21-,23-/m0/s1. The van der Waals surface area contributed by atoms with Crippen LogP contribution < -0.4 is 10.1 Å². The van der Waals surface area contributed by atoms with Crippen LogP contribution in [-0.2, 0) is 19.0 Å². The molecule has 10 heteroatoms. The molecule has 0 spiro atoms. The summed E-state index contributed by atoms with van der Waals surface area (Å²) in [6.45, 7) is 2.03. The number of rotatable bonds is 13. The van der Waals surface area contributed by atoms with E-state index in [1.54, 1.807) is 55.5 Å². The number of nitrogens with one attached hydrogen (secondary N) is 1. The molecule has 0 saturated heterocycles. The Morgan fingerprint density at radius 2 is 1.88 bits per heavy atom. The third-order valence-corrected chi connectivity index (χ3v) is 4.84. The molecule has 0 aromatic heterocycles. The van der Waals surface area contributed by atoms with Crippen LogP contribution in [0.3, 0.4) is 0 Å². The van der Waals surface area contributed by atoms with E-state index in [2.05, 4.69) is 17.9 Å². The van der Waals surface area contributed by atoms with Crippen LogP contribution >= 0.6 is 12.6 Å². The Morgan fingerprint density at radius 1 is 1.15 bits per heavy atom. The van der Waals surface area contributed by atoms with Crippen molar-refractivity contribution in [1.29, 1.82) is 5.26 Å². The summed E-state index contributed by atoms with van der Waals surface area (Å²) in [4.78, 5) is 24.3. The van der Waals surface area contributed by atoms with Gasteiger partial charge in [0.25, 0.3) is 0 Å². The quantitative estimate of drug-likeness (QED) is 0.289. The molecule has 0 fully saturated rings. The Bertz CT molecular complexity index is 963. The summed E-state index contributed by atoms with van der Waals surface area (Å²) in [7, 11) is 0. The summed E-state index contributed by atoms with van der Waals surface area (Å²) in [5.41, 5.74) is 1.44. The molecular weight excluding hydrogens is 460 g/mol. The molecular formula is C24H28N2O7S. The highest BCUT2D eigenvalue weighted by Gasteiger charge is 2.30. The first kappa shape index (κ1) is 27.0. The summed E-state index contributed by atoms with van der Waals surface area (Å²) in [5.74, 6) is -0.101. The smallest absolute Gasteiger partial charge is 0.412 e. The number of ether oxygens (including phenoxy) is 4. The molecule has 2 N–H and O–H groups in total. The van der Waals surface area contributed by atoms with Gasteiger partial charge in [-0.1, -0.05) is 18.2 Å². The lowest BCUT2D eigenvalue weighted by Gasteiger charge is -2.28. The van der Waals surface area contributed by atoms with E-state index >= 15 is 0 Å². The average Bonchev–Trinajstić information content (AvgIpc) is 2.86. The molecule has 0 saturated carbocycles. The normalized spacial score (nSPS) is 12.2. The fourth-order valence-electron chi connectivity index (χ4n) is 3.10. The van der Waals surface area contributed by atoms with Crippen LogP contribution in [0.1, 0.15) is 30.6 Å². The molecule has 0 aliphatic heterocycles. The van der Waals surface area contributed by atoms with Crippen molar-refractivity contribution in [2.24, 2.45) is 0 Å². The second-order valence-corrected chi connectivity index (χ2v) is 7.23. The molecule has 9 nitrogen and oxygen atoms in total. The van der Waals surface area contributed by atoms with Crippen molar-refractivity contribution in [2.75, 3.05) is 37.5 Å². The van der Waals surface area contributed by atoms with E-state index < -0.39 is 24.3 Å². The summed E-state index contributed by atoms with van der Waals surface area (Å²) in [6, 6.07) is 15.3. The lowest BCUT2D eigenvalue weighted by Crippen LogP contribution is -2.30. The molecule has 0 aliphatic carbocycles. The molecule has 2 aromatic rings. The first-order valence-electron chi connectivity index (χ1n) is 10.7. The second kappa shape index (κ2) is 14.8. The van der Waals surface area contributed by atoms with E-state index in [1.807, 2.05) is 6.07 Å². The van der Waals surface area contributed by atoms with Crippen molar-refractivity contribution in [3.63, 3.8) is 0 Å². The highest BCUT2D eigenvalue weighted by Crippen LogP contribution is 2.33. The number of nitriles is 1. The molecule has 0 bridgehead atoms. The van der Waals surface area contributed by atoms with Crippen LogP contribution in [0.4, 0.5) is 10.5 Å². The molecule has 0 heterocycles. The molecule has 182 valence electrons. The fraction of sp³-hybridized carbons (Fsp3) is 0.375. The Kier molecular flexibility index (Phi) is 11.7. The minimum absolute atomic E-state index is 0.0425. The predicted octanol–water partition coefficient (Wildman–Crippen LogP) is 3.49. The maximum Gasteiger partial charge on any atom is 0.412 e. The molecule has 2 rings (SSSR count). The number of para-hydroxylation sites is 1. The van der Waals surface area contributed by atoms with Gasteiger partial charge >= 0.3 is 12.1 Å². The van der Waals surface area contributed by atoms with Crippen molar-refractivity contribution in [3.05, 3.63) is 59.7 Å². The van der Waals surface area contributed by atoms with E-state index in [9.17, 15) is 9.59 Å². The van der Waals surface area contributed by atoms with E-state index in [0.717, 1.165) is 0 Å². The van der Waals surface area contributed by atoms with Crippen LogP contribution in [0.5, 0.6) is 5.75 Å². The number of carbonyl (C=O) groups excluding carboxylic acids is 2. The Balaban J connectivity index is 2.28. The zero-order valence-electron chi connectivity index (χ0n) is 18.8. The Hall–Kier alpha value is -3.26. The number of nitrogens with zero attached hydrogens (tertiary/aromatic N) is 1. The van der Waals surface area contributed by atoms with E-state index in [0.29, 0.717) is 29.2 Å². The molecule has 2 aromatic carbocycles. The third-order valence-electron chi connectivity index (χ3n) is 4.58. The van der Waals surface area contributed by atoms with Gasteiger partial charge in [-0.25, -0.2) is 4.79 Å². The van der Waals surface area contributed by atoms with Crippen molar-refractivity contribution in [2.45, 2.75) is 25.6 Å². The zero-order valence-corrected chi connectivity index (χ0v) is 19.7. The van der Waals surface area contributed by atoms with Crippen LogP contribution in [0, 0.1) is 11.3 Å². The highest BCUT2D eigenvalue weighted by atomic mass is 32.1. The number of aliphatic hydroxyl groups excluding tert-OH is 1. The number of benzene rings is 2. The molecule has 34 heavy (non-hydrogen) atoms. The second-order valence-electron chi connectivity index (χ2n) is 6.91. The maximum absolute atomic E-state index is 12.8. The van der Waals surface area contributed by atoms with Crippen molar-refractivity contribution in [1.82, 2.24) is 0 Å². The Labute approximate surface area is 204 Å². The van der Waals surface area contributed by atoms with Crippen molar-refractivity contribution >= 4 is 30.4 Å². The minimum atomic E-state index is -0.914. The summed E-state index contributed by atoms with van der Waals surface area (Å²) in [5, 5.41) is 20.7. The number of hydrogen-bond donors (Lipinski definition) is 3. The summed E-state index contributed by atoms with van der Waals surface area (Å²) < 4.78 is 22.4. The number of aliphatic hydroxyl groups is 1. The van der Waals surface area contributed by atoms with Gasteiger partial charge in [-0.3, -0.25) is 10.1 Å². The summed E-state index contributed by atoms with van der Waals surface area (Å²) in [6.07, 6.45) is -2.08. The first-order valence-corrected chi connectivity index (χ1v) is 11.3. The molecule has 1 amide bonds. The third kappa shape index (κ3) is 8.59. The predicted molar refractivity (Wildman–Crippen MR) is 128 cm³/mol.